The standard InChI is InChI=1S/C24H31NO4/c1-7-18(14-17-10-12-20(13-11-17)25(8-2)9-3)23(26)19-15-21(27-4)24(29-6)22(16-19)28-5/h10-16H,7-9H2,1-6H3. The highest BCUT2D eigenvalue weighted by Gasteiger charge is 2.19. The Morgan fingerprint density at radius 1 is 0.897 bits per heavy atom. The first-order valence-electron chi connectivity index (χ1n) is 9.93. The van der Waals surface area contributed by atoms with Crippen LogP contribution in [0.25, 0.3) is 6.08 Å². The van der Waals surface area contributed by atoms with Crippen LogP contribution in [0.2, 0.25) is 0 Å². The molecule has 29 heavy (non-hydrogen) atoms. The second-order valence-corrected chi connectivity index (χ2v) is 6.53. The van der Waals surface area contributed by atoms with Gasteiger partial charge >= 0.3 is 0 Å². The van der Waals surface area contributed by atoms with Gasteiger partial charge in [-0.3, -0.25) is 4.79 Å². The van der Waals surface area contributed by atoms with Crippen LogP contribution in [0.1, 0.15) is 43.1 Å². The Hall–Kier alpha value is -2.95. The third kappa shape index (κ3) is 5.11. The van der Waals surface area contributed by atoms with Crippen LogP contribution >= 0.6 is 0 Å². The Morgan fingerprint density at radius 2 is 1.45 bits per heavy atom. The lowest BCUT2D eigenvalue weighted by Gasteiger charge is -2.21. The summed E-state index contributed by atoms with van der Waals surface area (Å²) < 4.78 is 16.1. The quantitative estimate of drug-likeness (QED) is 0.406. The molecule has 2 rings (SSSR count). The fourth-order valence-corrected chi connectivity index (χ4v) is 3.30. The first kappa shape index (κ1) is 22.3. The van der Waals surface area contributed by atoms with E-state index in [-0.39, 0.29) is 5.78 Å². The summed E-state index contributed by atoms with van der Waals surface area (Å²) in [4.78, 5) is 15.4. The van der Waals surface area contributed by atoms with Crippen LogP contribution in [0.15, 0.2) is 42.0 Å². The van der Waals surface area contributed by atoms with Gasteiger partial charge in [-0.2, -0.15) is 0 Å². The van der Waals surface area contributed by atoms with Gasteiger partial charge in [0.25, 0.3) is 0 Å². The largest absolute Gasteiger partial charge is 0.493 e. The highest BCUT2D eigenvalue weighted by molar-refractivity contribution is 6.11. The van der Waals surface area contributed by atoms with Crippen LogP contribution in [-0.2, 0) is 0 Å². The van der Waals surface area contributed by atoms with Crippen molar-refractivity contribution in [2.45, 2.75) is 27.2 Å². The van der Waals surface area contributed by atoms with Crippen molar-refractivity contribution in [3.8, 4) is 17.2 Å². The summed E-state index contributed by atoms with van der Waals surface area (Å²) in [6.07, 6.45) is 2.56. The molecule has 0 heterocycles. The molecule has 0 saturated heterocycles. The summed E-state index contributed by atoms with van der Waals surface area (Å²) in [5, 5.41) is 0. The van der Waals surface area contributed by atoms with Crippen LogP contribution in [0.3, 0.4) is 0 Å². The van der Waals surface area contributed by atoms with Crippen LogP contribution in [-0.4, -0.2) is 40.2 Å². The highest BCUT2D eigenvalue weighted by Crippen LogP contribution is 2.39. The van der Waals surface area contributed by atoms with Crippen LogP contribution in [0, 0.1) is 0 Å². The van der Waals surface area contributed by atoms with Gasteiger partial charge in [-0.05, 0) is 56.2 Å². The third-order valence-corrected chi connectivity index (χ3v) is 4.96. The fraction of sp³-hybridized carbons (Fsp3) is 0.375. The highest BCUT2D eigenvalue weighted by atomic mass is 16.5. The SMILES string of the molecule is CCC(=Cc1ccc(N(CC)CC)cc1)C(=O)c1cc(OC)c(OC)c(OC)c1. The molecule has 0 aliphatic carbocycles. The number of hydrogen-bond donors (Lipinski definition) is 0. The van der Waals surface area contributed by atoms with Gasteiger partial charge in [-0.15, -0.1) is 0 Å². The molecule has 0 spiro atoms. The van der Waals surface area contributed by atoms with Gasteiger partial charge in [0, 0.05) is 29.9 Å². The number of nitrogens with zero attached hydrogens (tertiary/aromatic N) is 1. The molecule has 0 atom stereocenters. The number of anilines is 1. The predicted molar refractivity (Wildman–Crippen MR) is 119 cm³/mol. The predicted octanol–water partition coefficient (Wildman–Crippen LogP) is 5.23. The molecule has 0 amide bonds. The molecule has 2 aromatic carbocycles. The minimum atomic E-state index is -0.0560. The maximum atomic E-state index is 13.2. The number of carbonyl (C=O) groups is 1. The summed E-state index contributed by atoms with van der Waals surface area (Å²) in [5.74, 6) is 1.35. The van der Waals surface area contributed by atoms with Gasteiger partial charge in [0.05, 0.1) is 21.3 Å². The first-order valence-corrected chi connectivity index (χ1v) is 9.93. The Bertz CT molecular complexity index is 827. The van der Waals surface area contributed by atoms with E-state index in [0.717, 1.165) is 24.2 Å². The van der Waals surface area contributed by atoms with E-state index < -0.39 is 0 Å². The lowest BCUT2D eigenvalue weighted by Crippen LogP contribution is -2.21. The van der Waals surface area contributed by atoms with Crippen molar-refractivity contribution in [2.75, 3.05) is 39.3 Å². The van der Waals surface area contributed by atoms with E-state index in [1.54, 1.807) is 33.5 Å². The molecule has 0 saturated carbocycles. The molecule has 0 aliphatic heterocycles. The van der Waals surface area contributed by atoms with Crippen molar-refractivity contribution in [1.29, 1.82) is 0 Å². The van der Waals surface area contributed by atoms with E-state index in [1.807, 2.05) is 25.1 Å². The van der Waals surface area contributed by atoms with E-state index in [1.165, 1.54) is 5.69 Å². The summed E-state index contributed by atoms with van der Waals surface area (Å²) in [6, 6.07) is 11.7. The van der Waals surface area contributed by atoms with Crippen molar-refractivity contribution in [3.05, 3.63) is 53.1 Å². The Kier molecular flexibility index (Phi) is 8.13. The Morgan fingerprint density at radius 3 is 1.86 bits per heavy atom. The Balaban J connectivity index is 2.37. The summed E-state index contributed by atoms with van der Waals surface area (Å²) in [6.45, 7) is 8.19. The maximum absolute atomic E-state index is 13.2. The number of methoxy groups -OCH3 is 3. The molecule has 5 nitrogen and oxygen atoms in total. The average molecular weight is 398 g/mol. The molecule has 0 fully saturated rings. The third-order valence-electron chi connectivity index (χ3n) is 4.96. The molecule has 0 N–H and O–H groups in total. The zero-order valence-corrected chi connectivity index (χ0v) is 18.2. The molecule has 0 bridgehead atoms. The second kappa shape index (κ2) is 10.6. The number of ether oxygens (including phenoxy) is 3. The number of ketones is 1. The van der Waals surface area contributed by atoms with E-state index in [0.29, 0.717) is 29.2 Å². The fourth-order valence-electron chi connectivity index (χ4n) is 3.30. The van der Waals surface area contributed by atoms with Gasteiger partial charge in [0.1, 0.15) is 0 Å². The summed E-state index contributed by atoms with van der Waals surface area (Å²) in [7, 11) is 4.63. The minimum absolute atomic E-state index is 0.0560. The van der Waals surface area contributed by atoms with Crippen molar-refractivity contribution >= 4 is 17.5 Å². The van der Waals surface area contributed by atoms with E-state index in [9.17, 15) is 4.79 Å². The second-order valence-electron chi connectivity index (χ2n) is 6.53. The summed E-state index contributed by atoms with van der Waals surface area (Å²) in [5.41, 5.74) is 3.40. The minimum Gasteiger partial charge on any atom is -0.493 e. The van der Waals surface area contributed by atoms with Crippen molar-refractivity contribution < 1.29 is 19.0 Å². The number of allylic oxidation sites excluding steroid dienone is 1. The summed E-state index contributed by atoms with van der Waals surface area (Å²) >= 11 is 0. The van der Waals surface area contributed by atoms with Crippen molar-refractivity contribution in [1.82, 2.24) is 0 Å². The molecule has 2 aromatic rings. The topological polar surface area (TPSA) is 48.0 Å². The normalized spacial score (nSPS) is 11.2. The van der Waals surface area contributed by atoms with Crippen molar-refractivity contribution in [3.63, 3.8) is 0 Å². The van der Waals surface area contributed by atoms with E-state index >= 15 is 0 Å². The lowest BCUT2D eigenvalue weighted by atomic mass is 9.98. The molecule has 0 aliphatic rings. The van der Waals surface area contributed by atoms with E-state index in [2.05, 4.69) is 30.9 Å². The smallest absolute Gasteiger partial charge is 0.203 e. The van der Waals surface area contributed by atoms with Crippen molar-refractivity contribution in [2.24, 2.45) is 0 Å². The zero-order valence-electron chi connectivity index (χ0n) is 18.2. The van der Waals surface area contributed by atoms with Gasteiger partial charge in [0.15, 0.2) is 17.3 Å². The molecular weight excluding hydrogens is 366 g/mol. The van der Waals surface area contributed by atoms with Gasteiger partial charge in [-0.1, -0.05) is 19.1 Å². The zero-order chi connectivity index (χ0) is 21.4. The Labute approximate surface area is 173 Å². The molecule has 5 heteroatoms. The first-order chi connectivity index (χ1) is 14.0. The van der Waals surface area contributed by atoms with Crippen LogP contribution in [0.5, 0.6) is 17.2 Å². The molecule has 0 unspecified atom stereocenters. The van der Waals surface area contributed by atoms with E-state index in [4.69, 9.17) is 14.2 Å². The monoisotopic (exact) mass is 397 g/mol. The number of carbonyl (C=O) groups excluding carboxylic acids is 1. The van der Waals surface area contributed by atoms with Gasteiger partial charge in [0.2, 0.25) is 5.75 Å². The maximum Gasteiger partial charge on any atom is 0.203 e. The van der Waals surface area contributed by atoms with Gasteiger partial charge < -0.3 is 19.1 Å². The molecule has 156 valence electrons. The van der Waals surface area contributed by atoms with Crippen LogP contribution in [0.4, 0.5) is 5.69 Å². The average Bonchev–Trinajstić information content (AvgIpc) is 2.77. The number of benzene rings is 2. The number of Topliss-reactive ketones (excluding diaryl/α,β-unsaturated/α-hetero) is 1. The van der Waals surface area contributed by atoms with Crippen LogP contribution < -0.4 is 19.1 Å². The molecular formula is C24H31NO4. The molecule has 0 aromatic heterocycles. The number of rotatable bonds is 10. The molecule has 0 radical (unpaired) electrons. The number of hydrogen-bond acceptors (Lipinski definition) is 5. The lowest BCUT2D eigenvalue weighted by molar-refractivity contribution is 0.103. The van der Waals surface area contributed by atoms with Gasteiger partial charge in [-0.25, -0.2) is 0 Å².